The van der Waals surface area contributed by atoms with Crippen LogP contribution in [0, 0.1) is 0 Å². The molecule has 1 unspecified atom stereocenters. The Morgan fingerprint density at radius 1 is 1.38 bits per heavy atom. The number of hydrogen-bond acceptors (Lipinski definition) is 2. The first-order chi connectivity index (χ1) is 7.76. The molecule has 0 spiro atoms. The summed E-state index contributed by atoms with van der Waals surface area (Å²) in [6, 6.07) is 6.69. The van der Waals surface area contributed by atoms with Crippen molar-refractivity contribution in [3.05, 3.63) is 28.2 Å². The third-order valence-corrected chi connectivity index (χ3v) is 4.02. The number of nitrogens with zero attached hydrogens (tertiary/aromatic N) is 1. The molecule has 1 aliphatic rings. The zero-order valence-electron chi connectivity index (χ0n) is 9.87. The van der Waals surface area contributed by atoms with Crippen molar-refractivity contribution >= 4 is 15.9 Å². The molecule has 1 aromatic carbocycles. The van der Waals surface area contributed by atoms with Gasteiger partial charge in [0.05, 0.1) is 0 Å². The molecule has 0 aliphatic carbocycles. The minimum absolute atomic E-state index is 0.515. The van der Waals surface area contributed by atoms with Gasteiger partial charge in [-0.15, -0.1) is 0 Å². The van der Waals surface area contributed by atoms with Crippen molar-refractivity contribution < 1.29 is 4.74 Å². The molecule has 0 radical (unpaired) electrons. The summed E-state index contributed by atoms with van der Waals surface area (Å²) in [5.74, 6) is 1.04. The van der Waals surface area contributed by atoms with Crippen LogP contribution in [-0.4, -0.2) is 30.6 Å². The van der Waals surface area contributed by atoms with E-state index < -0.39 is 0 Å². The van der Waals surface area contributed by atoms with Crippen molar-refractivity contribution in [1.29, 1.82) is 0 Å². The Morgan fingerprint density at radius 3 is 2.81 bits per heavy atom. The molecule has 0 saturated heterocycles. The van der Waals surface area contributed by atoms with E-state index in [0.29, 0.717) is 6.04 Å². The summed E-state index contributed by atoms with van der Waals surface area (Å²) in [6.45, 7) is 7.40. The molecule has 1 aliphatic heterocycles. The predicted octanol–water partition coefficient (Wildman–Crippen LogP) is 3.09. The maximum atomic E-state index is 5.83. The van der Waals surface area contributed by atoms with Crippen molar-refractivity contribution in [2.24, 2.45) is 0 Å². The molecule has 2 rings (SSSR count). The second kappa shape index (κ2) is 5.19. The molecular weight excluding hydrogens is 266 g/mol. The minimum Gasteiger partial charge on any atom is -0.492 e. The van der Waals surface area contributed by atoms with E-state index in [1.54, 1.807) is 0 Å². The van der Waals surface area contributed by atoms with Crippen LogP contribution in [0.4, 0.5) is 0 Å². The quantitative estimate of drug-likeness (QED) is 0.845. The first-order valence-electron chi connectivity index (χ1n) is 5.90. The summed E-state index contributed by atoms with van der Waals surface area (Å²) in [7, 11) is 0. The average molecular weight is 284 g/mol. The lowest BCUT2D eigenvalue weighted by Gasteiger charge is -2.34. The number of hydrogen-bond donors (Lipinski definition) is 0. The van der Waals surface area contributed by atoms with Gasteiger partial charge in [0.25, 0.3) is 0 Å². The molecule has 0 amide bonds. The lowest BCUT2D eigenvalue weighted by Crippen LogP contribution is -2.43. The molecule has 0 bridgehead atoms. The Morgan fingerprint density at radius 2 is 2.12 bits per heavy atom. The van der Waals surface area contributed by atoms with Gasteiger partial charge in [-0.2, -0.15) is 0 Å². The van der Waals surface area contributed by atoms with Crippen molar-refractivity contribution in [3.63, 3.8) is 0 Å². The van der Waals surface area contributed by atoms with E-state index in [2.05, 4.69) is 46.8 Å². The fraction of sp³-hybridized carbons (Fsp3) is 0.538. The smallest absolute Gasteiger partial charge is 0.123 e. The van der Waals surface area contributed by atoms with Gasteiger partial charge in [0.1, 0.15) is 12.4 Å². The summed E-state index contributed by atoms with van der Waals surface area (Å²) in [5.41, 5.74) is 1.31. The van der Waals surface area contributed by atoms with Crippen LogP contribution in [0.25, 0.3) is 0 Å². The first-order valence-corrected chi connectivity index (χ1v) is 6.69. The van der Waals surface area contributed by atoms with Crippen molar-refractivity contribution in [3.8, 4) is 5.75 Å². The van der Waals surface area contributed by atoms with Crippen LogP contribution in [0.2, 0.25) is 0 Å². The standard InChI is InChI=1S/C13H18BrNO/c1-3-15(4-2)10-8-11-12(14)6-5-7-13(11)16-9-10/h5-7,10H,3-4,8-9H2,1-2H3. The van der Waals surface area contributed by atoms with Gasteiger partial charge in [-0.1, -0.05) is 35.8 Å². The third-order valence-electron chi connectivity index (χ3n) is 3.28. The van der Waals surface area contributed by atoms with E-state index in [0.717, 1.165) is 31.9 Å². The van der Waals surface area contributed by atoms with Gasteiger partial charge in [-0.05, 0) is 31.6 Å². The Kier molecular flexibility index (Phi) is 3.87. The highest BCUT2D eigenvalue weighted by molar-refractivity contribution is 9.10. The van der Waals surface area contributed by atoms with Crippen LogP contribution >= 0.6 is 15.9 Å². The van der Waals surface area contributed by atoms with Crippen LogP contribution in [0.15, 0.2) is 22.7 Å². The molecule has 1 atom stereocenters. The molecular formula is C13H18BrNO. The van der Waals surface area contributed by atoms with E-state index in [9.17, 15) is 0 Å². The van der Waals surface area contributed by atoms with E-state index in [-0.39, 0.29) is 0 Å². The van der Waals surface area contributed by atoms with E-state index >= 15 is 0 Å². The lowest BCUT2D eigenvalue weighted by molar-refractivity contribution is 0.129. The molecule has 0 saturated carbocycles. The van der Waals surface area contributed by atoms with Gasteiger partial charge < -0.3 is 4.74 Å². The molecule has 0 fully saturated rings. The minimum atomic E-state index is 0.515. The Hall–Kier alpha value is -0.540. The van der Waals surface area contributed by atoms with Gasteiger partial charge in [0.15, 0.2) is 0 Å². The Balaban J connectivity index is 2.19. The van der Waals surface area contributed by atoms with Gasteiger partial charge in [0.2, 0.25) is 0 Å². The fourth-order valence-electron chi connectivity index (χ4n) is 2.33. The average Bonchev–Trinajstić information content (AvgIpc) is 2.32. The predicted molar refractivity (Wildman–Crippen MR) is 70.1 cm³/mol. The van der Waals surface area contributed by atoms with E-state index in [1.807, 2.05) is 6.07 Å². The number of likely N-dealkylation sites (N-methyl/N-ethyl adjacent to an activating group) is 1. The van der Waals surface area contributed by atoms with Crippen LogP contribution in [0.5, 0.6) is 5.75 Å². The molecule has 88 valence electrons. The largest absolute Gasteiger partial charge is 0.492 e. The maximum Gasteiger partial charge on any atom is 0.123 e. The second-order valence-electron chi connectivity index (χ2n) is 4.11. The monoisotopic (exact) mass is 283 g/mol. The van der Waals surface area contributed by atoms with Gasteiger partial charge in [0, 0.05) is 16.1 Å². The van der Waals surface area contributed by atoms with Crippen molar-refractivity contribution in [2.75, 3.05) is 19.7 Å². The highest BCUT2D eigenvalue weighted by Gasteiger charge is 2.24. The zero-order chi connectivity index (χ0) is 11.5. The normalized spacial score (nSPS) is 19.4. The van der Waals surface area contributed by atoms with Crippen molar-refractivity contribution in [2.45, 2.75) is 26.3 Å². The Labute approximate surface area is 106 Å². The molecule has 0 N–H and O–H groups in total. The van der Waals surface area contributed by atoms with Crippen LogP contribution < -0.4 is 4.74 Å². The summed E-state index contributed by atoms with van der Waals surface area (Å²) in [4.78, 5) is 2.46. The Bertz CT molecular complexity index is 363. The SMILES string of the molecule is CCN(CC)C1COc2cccc(Br)c2C1. The molecule has 3 heteroatoms. The van der Waals surface area contributed by atoms with Crippen LogP contribution in [0.1, 0.15) is 19.4 Å². The number of halogens is 1. The second-order valence-corrected chi connectivity index (χ2v) is 4.96. The zero-order valence-corrected chi connectivity index (χ0v) is 11.5. The lowest BCUT2D eigenvalue weighted by atomic mass is 10.0. The van der Waals surface area contributed by atoms with Crippen LogP contribution in [-0.2, 0) is 6.42 Å². The topological polar surface area (TPSA) is 12.5 Å². The van der Waals surface area contributed by atoms with Crippen LogP contribution in [0.3, 0.4) is 0 Å². The molecule has 1 heterocycles. The van der Waals surface area contributed by atoms with Crippen molar-refractivity contribution in [1.82, 2.24) is 4.90 Å². The van der Waals surface area contributed by atoms with E-state index in [4.69, 9.17) is 4.74 Å². The molecule has 0 aromatic heterocycles. The fourth-order valence-corrected chi connectivity index (χ4v) is 2.84. The highest BCUT2D eigenvalue weighted by Crippen LogP contribution is 2.32. The number of fused-ring (bicyclic) bond motifs is 1. The molecule has 1 aromatic rings. The summed E-state index contributed by atoms with van der Waals surface area (Å²) in [5, 5.41) is 0. The summed E-state index contributed by atoms with van der Waals surface area (Å²) in [6.07, 6.45) is 1.08. The summed E-state index contributed by atoms with van der Waals surface area (Å²) < 4.78 is 7.00. The van der Waals surface area contributed by atoms with Gasteiger partial charge >= 0.3 is 0 Å². The van der Waals surface area contributed by atoms with Gasteiger partial charge in [-0.3, -0.25) is 4.90 Å². The maximum absolute atomic E-state index is 5.83. The van der Waals surface area contributed by atoms with Gasteiger partial charge in [-0.25, -0.2) is 0 Å². The first kappa shape index (κ1) is 11.9. The number of benzene rings is 1. The molecule has 2 nitrogen and oxygen atoms in total. The summed E-state index contributed by atoms with van der Waals surface area (Å²) >= 11 is 3.60. The van der Waals surface area contributed by atoms with E-state index in [1.165, 1.54) is 10.0 Å². The third kappa shape index (κ3) is 2.25. The number of ether oxygens (including phenoxy) is 1. The number of rotatable bonds is 3. The molecule has 16 heavy (non-hydrogen) atoms. The highest BCUT2D eigenvalue weighted by atomic mass is 79.9.